The zero-order chi connectivity index (χ0) is 13.1. The van der Waals surface area contributed by atoms with Gasteiger partial charge >= 0.3 is 6.18 Å². The molecule has 3 nitrogen and oxygen atoms in total. The Morgan fingerprint density at radius 2 is 2.06 bits per heavy atom. The Kier molecular flexibility index (Phi) is 3.98. The number of amides is 1. The van der Waals surface area contributed by atoms with Crippen LogP contribution in [0.3, 0.4) is 0 Å². The maximum Gasteiger partial charge on any atom is 0.416 e. The topological polar surface area (TPSA) is 55.1 Å². The van der Waals surface area contributed by atoms with E-state index in [-0.39, 0.29) is 23.7 Å². The van der Waals surface area contributed by atoms with E-state index in [1.165, 1.54) is 0 Å². The lowest BCUT2D eigenvalue weighted by molar-refractivity contribution is -0.137. The van der Waals surface area contributed by atoms with Gasteiger partial charge in [-0.25, -0.2) is 0 Å². The molecule has 0 heterocycles. The number of hydrogen-bond acceptors (Lipinski definition) is 2. The van der Waals surface area contributed by atoms with E-state index < -0.39 is 11.7 Å². The van der Waals surface area contributed by atoms with Crippen LogP contribution in [0.25, 0.3) is 0 Å². The Morgan fingerprint density at radius 3 is 2.59 bits per heavy atom. The van der Waals surface area contributed by atoms with Crippen LogP contribution in [0, 0.1) is 0 Å². The van der Waals surface area contributed by atoms with Gasteiger partial charge in [0.25, 0.3) is 0 Å². The van der Waals surface area contributed by atoms with Gasteiger partial charge in [-0.15, -0.1) is 0 Å². The zero-order valence-electron chi connectivity index (χ0n) is 9.27. The standard InChI is InChI=1S/C11H13F3N2O/c1-2-3-10(17)16-9-6-7(11(12,13)14)4-5-8(9)15/h4-6H,2-3,15H2,1H3,(H,16,17). The van der Waals surface area contributed by atoms with Gasteiger partial charge in [0.05, 0.1) is 16.9 Å². The second-order valence-corrected chi connectivity index (χ2v) is 3.60. The molecule has 1 aromatic rings. The van der Waals surface area contributed by atoms with Crippen LogP contribution in [0.5, 0.6) is 0 Å². The van der Waals surface area contributed by atoms with Gasteiger partial charge in [-0.2, -0.15) is 13.2 Å². The molecule has 1 amide bonds. The quantitative estimate of drug-likeness (QED) is 0.805. The number of carbonyl (C=O) groups is 1. The number of carbonyl (C=O) groups excluding carboxylic acids is 1. The summed E-state index contributed by atoms with van der Waals surface area (Å²) >= 11 is 0. The summed E-state index contributed by atoms with van der Waals surface area (Å²) in [6.07, 6.45) is -3.59. The van der Waals surface area contributed by atoms with E-state index in [9.17, 15) is 18.0 Å². The van der Waals surface area contributed by atoms with Gasteiger partial charge in [0.2, 0.25) is 5.91 Å². The predicted molar refractivity (Wildman–Crippen MR) is 59.4 cm³/mol. The van der Waals surface area contributed by atoms with Crippen molar-refractivity contribution in [2.45, 2.75) is 25.9 Å². The Hall–Kier alpha value is -1.72. The van der Waals surface area contributed by atoms with Crippen molar-refractivity contribution >= 4 is 17.3 Å². The Balaban J connectivity index is 2.95. The van der Waals surface area contributed by atoms with E-state index in [1.54, 1.807) is 6.92 Å². The van der Waals surface area contributed by atoms with Gasteiger partial charge in [-0.3, -0.25) is 4.79 Å². The summed E-state index contributed by atoms with van der Waals surface area (Å²) in [7, 11) is 0. The lowest BCUT2D eigenvalue weighted by atomic mass is 10.1. The molecule has 17 heavy (non-hydrogen) atoms. The number of anilines is 2. The van der Waals surface area contributed by atoms with Crippen molar-refractivity contribution < 1.29 is 18.0 Å². The molecular weight excluding hydrogens is 233 g/mol. The van der Waals surface area contributed by atoms with E-state index in [2.05, 4.69) is 5.32 Å². The van der Waals surface area contributed by atoms with Crippen LogP contribution in [0.15, 0.2) is 18.2 Å². The molecule has 0 aliphatic heterocycles. The second kappa shape index (κ2) is 5.07. The van der Waals surface area contributed by atoms with Crippen LogP contribution in [0.4, 0.5) is 24.5 Å². The molecule has 6 heteroatoms. The monoisotopic (exact) mass is 246 g/mol. The van der Waals surface area contributed by atoms with Crippen LogP contribution in [-0.2, 0) is 11.0 Å². The Morgan fingerprint density at radius 1 is 1.41 bits per heavy atom. The van der Waals surface area contributed by atoms with E-state index in [0.29, 0.717) is 6.42 Å². The van der Waals surface area contributed by atoms with Crippen LogP contribution in [0.2, 0.25) is 0 Å². The van der Waals surface area contributed by atoms with E-state index in [4.69, 9.17) is 5.73 Å². The maximum atomic E-state index is 12.4. The first kappa shape index (κ1) is 13.3. The number of hydrogen-bond donors (Lipinski definition) is 2. The van der Waals surface area contributed by atoms with Gasteiger partial charge in [-0.05, 0) is 24.6 Å². The molecule has 0 bridgehead atoms. The summed E-state index contributed by atoms with van der Waals surface area (Å²) in [5, 5.41) is 2.36. The van der Waals surface area contributed by atoms with Gasteiger partial charge < -0.3 is 11.1 Å². The third-order valence-corrected chi connectivity index (χ3v) is 2.13. The van der Waals surface area contributed by atoms with Crippen molar-refractivity contribution in [1.82, 2.24) is 0 Å². The molecule has 0 radical (unpaired) electrons. The normalized spacial score (nSPS) is 11.3. The van der Waals surface area contributed by atoms with E-state index in [1.807, 2.05) is 0 Å². The van der Waals surface area contributed by atoms with Crippen molar-refractivity contribution in [3.63, 3.8) is 0 Å². The molecular formula is C11H13F3N2O. The number of nitrogens with two attached hydrogens (primary N) is 1. The van der Waals surface area contributed by atoms with Crippen molar-refractivity contribution in [1.29, 1.82) is 0 Å². The highest BCUT2D eigenvalue weighted by Gasteiger charge is 2.31. The number of nitrogens with one attached hydrogen (secondary N) is 1. The van der Waals surface area contributed by atoms with Gasteiger partial charge in [-0.1, -0.05) is 6.92 Å². The average molecular weight is 246 g/mol. The summed E-state index contributed by atoms with van der Waals surface area (Å²) in [4.78, 5) is 11.3. The lowest BCUT2D eigenvalue weighted by Gasteiger charge is -2.12. The largest absolute Gasteiger partial charge is 0.416 e. The molecule has 0 saturated carbocycles. The Bertz CT molecular complexity index is 416. The third kappa shape index (κ3) is 3.65. The summed E-state index contributed by atoms with van der Waals surface area (Å²) in [5.41, 5.74) is 4.77. The van der Waals surface area contributed by atoms with Crippen molar-refractivity contribution in [2.24, 2.45) is 0 Å². The van der Waals surface area contributed by atoms with Crippen molar-refractivity contribution in [2.75, 3.05) is 11.1 Å². The molecule has 0 atom stereocenters. The summed E-state index contributed by atoms with van der Waals surface area (Å²) < 4.78 is 37.3. The summed E-state index contributed by atoms with van der Waals surface area (Å²) in [6, 6.07) is 2.85. The van der Waals surface area contributed by atoms with Crippen LogP contribution in [0.1, 0.15) is 25.3 Å². The van der Waals surface area contributed by atoms with Crippen molar-refractivity contribution in [3.05, 3.63) is 23.8 Å². The number of benzene rings is 1. The minimum absolute atomic E-state index is 0.00160. The molecule has 0 saturated heterocycles. The molecule has 94 valence electrons. The number of alkyl halides is 3. The minimum atomic E-state index is -4.45. The predicted octanol–water partition coefficient (Wildman–Crippen LogP) is 3.03. The molecule has 1 rings (SSSR count). The molecule has 0 unspecified atom stereocenters. The van der Waals surface area contributed by atoms with Gasteiger partial charge in [0.1, 0.15) is 0 Å². The highest BCUT2D eigenvalue weighted by Crippen LogP contribution is 2.33. The number of nitrogen functional groups attached to an aromatic ring is 1. The fraction of sp³-hybridized carbons (Fsp3) is 0.364. The minimum Gasteiger partial charge on any atom is -0.397 e. The second-order valence-electron chi connectivity index (χ2n) is 3.60. The van der Waals surface area contributed by atoms with E-state index in [0.717, 1.165) is 18.2 Å². The number of rotatable bonds is 3. The van der Waals surface area contributed by atoms with Gasteiger partial charge in [0, 0.05) is 6.42 Å². The first-order valence-electron chi connectivity index (χ1n) is 5.11. The summed E-state index contributed by atoms with van der Waals surface area (Å²) in [6.45, 7) is 1.80. The third-order valence-electron chi connectivity index (χ3n) is 2.13. The number of halogens is 3. The van der Waals surface area contributed by atoms with Crippen molar-refractivity contribution in [3.8, 4) is 0 Å². The van der Waals surface area contributed by atoms with Gasteiger partial charge in [0.15, 0.2) is 0 Å². The zero-order valence-corrected chi connectivity index (χ0v) is 9.27. The average Bonchev–Trinajstić information content (AvgIpc) is 2.20. The lowest BCUT2D eigenvalue weighted by Crippen LogP contribution is -2.13. The molecule has 3 N–H and O–H groups in total. The molecule has 0 aromatic heterocycles. The van der Waals surface area contributed by atoms with E-state index >= 15 is 0 Å². The molecule has 0 aliphatic rings. The Labute approximate surface area is 96.8 Å². The smallest absolute Gasteiger partial charge is 0.397 e. The molecule has 0 fully saturated rings. The highest BCUT2D eigenvalue weighted by atomic mass is 19.4. The van der Waals surface area contributed by atoms with Crippen LogP contribution < -0.4 is 11.1 Å². The molecule has 0 aliphatic carbocycles. The highest BCUT2D eigenvalue weighted by molar-refractivity contribution is 5.93. The SMILES string of the molecule is CCCC(=O)Nc1cc(C(F)(F)F)ccc1N. The fourth-order valence-electron chi connectivity index (χ4n) is 1.28. The first-order valence-corrected chi connectivity index (χ1v) is 5.11. The fourth-order valence-corrected chi connectivity index (χ4v) is 1.28. The molecule has 0 spiro atoms. The van der Waals surface area contributed by atoms with Crippen LogP contribution in [-0.4, -0.2) is 5.91 Å². The first-order chi connectivity index (χ1) is 7.84. The maximum absolute atomic E-state index is 12.4. The van der Waals surface area contributed by atoms with Crippen LogP contribution >= 0.6 is 0 Å². The summed E-state index contributed by atoms with van der Waals surface area (Å²) in [5.74, 6) is -0.349. The molecule has 1 aromatic carbocycles.